The van der Waals surface area contributed by atoms with Crippen molar-refractivity contribution in [2.75, 3.05) is 39.8 Å². The Morgan fingerprint density at radius 1 is 1.02 bits per heavy atom. The van der Waals surface area contributed by atoms with E-state index in [4.69, 9.17) is 14.2 Å². The lowest BCUT2D eigenvalue weighted by Crippen LogP contribution is -2.48. The van der Waals surface area contributed by atoms with Gasteiger partial charge in [-0.15, -0.1) is 0 Å². The van der Waals surface area contributed by atoms with E-state index in [1.807, 2.05) is 11.6 Å². The molecule has 1 aromatic carbocycles. The molecule has 0 bridgehead atoms. The molecule has 2 aromatic rings. The monoisotopic (exact) mass is 622 g/mol. The molecule has 2 aliphatic heterocycles. The Kier molecular flexibility index (Phi) is 10.2. The van der Waals surface area contributed by atoms with Crippen LogP contribution in [0.15, 0.2) is 30.5 Å². The Morgan fingerprint density at radius 3 is 2.35 bits per heavy atom. The van der Waals surface area contributed by atoms with Gasteiger partial charge in [-0.05, 0) is 76.1 Å². The molecule has 43 heavy (non-hydrogen) atoms. The van der Waals surface area contributed by atoms with E-state index >= 15 is 8.78 Å². The fraction of sp³-hybridized carbons (Fsp3) is 0.600. The van der Waals surface area contributed by atoms with Gasteiger partial charge >= 0.3 is 10.2 Å². The molecule has 1 aromatic heterocycles. The molecule has 0 spiro atoms. The molecule has 3 heterocycles. The molecule has 1 amide bonds. The van der Waals surface area contributed by atoms with E-state index in [9.17, 15) is 13.2 Å². The highest BCUT2D eigenvalue weighted by molar-refractivity contribution is 7.87. The molecule has 1 aliphatic carbocycles. The number of carbonyl (C=O) groups is 1. The van der Waals surface area contributed by atoms with Crippen molar-refractivity contribution in [1.29, 1.82) is 0 Å². The number of nitrogens with one attached hydrogen (secondary N) is 1. The average Bonchev–Trinajstić information content (AvgIpc) is 3.83. The van der Waals surface area contributed by atoms with Gasteiger partial charge in [0.2, 0.25) is 5.82 Å². The average molecular weight is 623 g/mol. The lowest BCUT2D eigenvalue weighted by Gasteiger charge is -2.35. The van der Waals surface area contributed by atoms with Crippen molar-refractivity contribution in [3.05, 3.63) is 53.4 Å². The van der Waals surface area contributed by atoms with Crippen molar-refractivity contribution >= 4 is 16.1 Å². The zero-order valence-electron chi connectivity index (χ0n) is 24.6. The predicted octanol–water partition coefficient (Wildman–Crippen LogP) is 4.23. The number of likely N-dealkylation sites (tertiary alicyclic amines) is 1. The zero-order chi connectivity index (χ0) is 30.6. The molecule has 5 rings (SSSR count). The molecule has 13 heteroatoms. The van der Waals surface area contributed by atoms with E-state index in [1.54, 1.807) is 18.3 Å². The molecule has 1 N–H and O–H groups in total. The second-order valence-electron chi connectivity index (χ2n) is 11.6. The minimum Gasteiger partial charge on any atom is -0.493 e. The molecule has 10 nitrogen and oxygen atoms in total. The van der Waals surface area contributed by atoms with Crippen molar-refractivity contribution in [3.8, 4) is 11.5 Å². The van der Waals surface area contributed by atoms with Gasteiger partial charge in [-0.25, -0.2) is 9.11 Å². The minimum absolute atomic E-state index is 0.0606. The van der Waals surface area contributed by atoms with Crippen LogP contribution in [0, 0.1) is 17.6 Å². The van der Waals surface area contributed by atoms with Crippen LogP contribution < -0.4 is 14.2 Å². The normalized spacial score (nSPS) is 20.1. The molecule has 0 unspecified atom stereocenters. The minimum atomic E-state index is -4.27. The van der Waals surface area contributed by atoms with Crippen molar-refractivity contribution in [1.82, 2.24) is 18.9 Å². The summed E-state index contributed by atoms with van der Waals surface area (Å²) in [4.78, 5) is 19.3. The summed E-state index contributed by atoms with van der Waals surface area (Å²) in [5.41, 5.74) is -0.250. The van der Waals surface area contributed by atoms with Gasteiger partial charge < -0.3 is 19.1 Å². The summed E-state index contributed by atoms with van der Waals surface area (Å²) >= 11 is 0. The van der Waals surface area contributed by atoms with Crippen molar-refractivity contribution in [3.63, 3.8) is 0 Å². The highest BCUT2D eigenvalue weighted by atomic mass is 32.2. The summed E-state index contributed by atoms with van der Waals surface area (Å²) in [7, 11) is -2.20. The highest BCUT2D eigenvalue weighted by Crippen LogP contribution is 2.32. The van der Waals surface area contributed by atoms with Gasteiger partial charge in [0, 0.05) is 38.4 Å². The Balaban J connectivity index is 1.17. The number of rotatable bonds is 12. The van der Waals surface area contributed by atoms with Gasteiger partial charge in [0.05, 0.1) is 30.1 Å². The Labute approximate surface area is 251 Å². The summed E-state index contributed by atoms with van der Waals surface area (Å²) in [6.45, 7) is 4.67. The Hall–Kier alpha value is -2.87. The molecular formula is C30H40F2N4O6S. The second-order valence-corrected chi connectivity index (χ2v) is 13.3. The van der Waals surface area contributed by atoms with E-state index in [0.29, 0.717) is 43.2 Å². The van der Waals surface area contributed by atoms with Crippen LogP contribution in [0.1, 0.15) is 74.0 Å². The summed E-state index contributed by atoms with van der Waals surface area (Å²) in [6, 6.07) is 5.56. The number of halogens is 2. The summed E-state index contributed by atoms with van der Waals surface area (Å²) in [5, 5.41) is 0. The maximum Gasteiger partial charge on any atom is 0.304 e. The van der Waals surface area contributed by atoms with Crippen LogP contribution in [0.3, 0.4) is 0 Å². The lowest BCUT2D eigenvalue weighted by atomic mass is 10.1. The van der Waals surface area contributed by atoms with E-state index in [0.717, 1.165) is 55.2 Å². The summed E-state index contributed by atoms with van der Waals surface area (Å²) in [6.07, 6.45) is 6.52. The van der Waals surface area contributed by atoms with Gasteiger partial charge in [0.1, 0.15) is 11.9 Å². The number of nitrogens with zero attached hydrogens (tertiary/aromatic N) is 3. The summed E-state index contributed by atoms with van der Waals surface area (Å²) in [5.74, 6) is -3.38. The van der Waals surface area contributed by atoms with Crippen LogP contribution in [0.25, 0.3) is 0 Å². The molecule has 236 valence electrons. The van der Waals surface area contributed by atoms with Crippen molar-refractivity contribution in [2.45, 2.75) is 70.2 Å². The number of hydrogen-bond donors (Lipinski definition) is 1. The zero-order valence-corrected chi connectivity index (χ0v) is 25.5. The van der Waals surface area contributed by atoms with Crippen LogP contribution in [0.5, 0.6) is 11.5 Å². The molecule has 2 saturated heterocycles. The van der Waals surface area contributed by atoms with Crippen LogP contribution in [0.4, 0.5) is 8.78 Å². The van der Waals surface area contributed by atoms with Crippen LogP contribution in [-0.4, -0.2) is 80.6 Å². The maximum absolute atomic E-state index is 15.1. The largest absolute Gasteiger partial charge is 0.493 e. The van der Waals surface area contributed by atoms with Crippen LogP contribution in [-0.2, 0) is 14.9 Å². The van der Waals surface area contributed by atoms with E-state index in [2.05, 4.69) is 16.9 Å². The van der Waals surface area contributed by atoms with Crippen molar-refractivity contribution < 1.29 is 36.2 Å². The van der Waals surface area contributed by atoms with E-state index in [1.165, 1.54) is 0 Å². The molecular weight excluding hydrogens is 582 g/mol. The molecule has 0 radical (unpaired) electrons. The first kappa shape index (κ1) is 31.6. The second kappa shape index (κ2) is 13.8. The van der Waals surface area contributed by atoms with Gasteiger partial charge in [-0.3, -0.25) is 9.78 Å². The van der Waals surface area contributed by atoms with Crippen molar-refractivity contribution in [2.24, 2.45) is 5.92 Å². The van der Waals surface area contributed by atoms with Gasteiger partial charge in [-0.2, -0.15) is 17.1 Å². The quantitative estimate of drug-likeness (QED) is 0.375. The van der Waals surface area contributed by atoms with Crippen LogP contribution >= 0.6 is 0 Å². The third kappa shape index (κ3) is 8.20. The number of benzene rings is 1. The maximum atomic E-state index is 15.1. The first-order valence-electron chi connectivity index (χ1n) is 15.0. The number of amides is 1. The van der Waals surface area contributed by atoms with Gasteiger partial charge in [-0.1, -0.05) is 6.92 Å². The first-order chi connectivity index (χ1) is 20.6. The highest BCUT2D eigenvalue weighted by Gasteiger charge is 2.33. The molecule has 1 saturated carbocycles. The predicted molar refractivity (Wildman–Crippen MR) is 155 cm³/mol. The number of piperidine rings is 2. The number of hydrogen-bond acceptors (Lipinski definition) is 8. The van der Waals surface area contributed by atoms with Gasteiger partial charge in [0.15, 0.2) is 11.6 Å². The Bertz CT molecular complexity index is 1380. The van der Waals surface area contributed by atoms with Gasteiger partial charge in [0.25, 0.3) is 5.91 Å². The fourth-order valence-electron chi connectivity index (χ4n) is 5.33. The van der Waals surface area contributed by atoms with E-state index < -0.39 is 45.2 Å². The number of ether oxygens (including phenoxy) is 3. The number of carbonyl (C=O) groups excluding carboxylic acids is 1. The Morgan fingerprint density at radius 2 is 1.70 bits per heavy atom. The lowest BCUT2D eigenvalue weighted by molar-refractivity contribution is -0.0564. The standard InChI is InChI=1S/C30H40F2N4O6S/c1-3-26(25-18-23(8-13-33-25)40-19-20-4-5-20)42-27-7-6-24(28(31)29(27)32)30(37)34-43(38,39)36-16-11-22(12-17-36)41-21-9-14-35(2)15-10-21/h6-8,13,18,20-22,26H,3-5,9-12,14-17,19H2,1-2H3,(H,34,37)/t26-/m1/s1. The van der Waals surface area contributed by atoms with Crippen LogP contribution in [0.2, 0.25) is 0 Å². The fourth-order valence-corrected chi connectivity index (χ4v) is 6.50. The smallest absolute Gasteiger partial charge is 0.304 e. The first-order valence-corrected chi connectivity index (χ1v) is 16.5. The third-order valence-electron chi connectivity index (χ3n) is 8.21. The molecule has 1 atom stereocenters. The number of aromatic nitrogens is 1. The third-order valence-corrected chi connectivity index (χ3v) is 9.70. The molecule has 3 fully saturated rings. The molecule has 3 aliphatic rings. The van der Waals surface area contributed by atoms with E-state index in [-0.39, 0.29) is 25.3 Å². The SMILES string of the molecule is CC[C@@H](Oc1ccc(C(=O)NS(=O)(=O)N2CCC(OC3CCN(C)CC3)CC2)c(F)c1F)c1cc(OCC2CC2)ccn1. The number of pyridine rings is 1. The summed E-state index contributed by atoms with van der Waals surface area (Å²) < 4.78 is 76.7. The topological polar surface area (TPSA) is 110 Å².